The molecule has 0 unspecified atom stereocenters. The van der Waals surface area contributed by atoms with Crippen molar-refractivity contribution in [3.63, 3.8) is 0 Å². The molecule has 23 heavy (non-hydrogen) atoms. The number of nitro benzene ring substituents is 1. The Morgan fingerprint density at radius 1 is 1.13 bits per heavy atom. The number of para-hydroxylation sites is 1. The van der Waals surface area contributed by atoms with Crippen molar-refractivity contribution in [3.05, 3.63) is 63.7 Å². The highest BCUT2D eigenvalue weighted by Crippen LogP contribution is 2.34. The Kier molecular flexibility index (Phi) is 4.70. The van der Waals surface area contributed by atoms with Crippen LogP contribution in [-0.4, -0.2) is 26.6 Å². The van der Waals surface area contributed by atoms with Crippen LogP contribution in [0.4, 0.5) is 11.4 Å². The van der Waals surface area contributed by atoms with Gasteiger partial charge in [0.2, 0.25) is 0 Å². The minimum Gasteiger partial charge on any atom is -0.365 e. The number of anilines is 1. The predicted octanol–water partition coefficient (Wildman–Crippen LogP) is 2.94. The van der Waals surface area contributed by atoms with Crippen molar-refractivity contribution in [1.29, 1.82) is 0 Å². The third-order valence-electron chi connectivity index (χ3n) is 3.51. The van der Waals surface area contributed by atoms with Gasteiger partial charge in [-0.25, -0.2) is 8.42 Å². The molecule has 0 radical (unpaired) electrons. The zero-order valence-electron chi connectivity index (χ0n) is 13.2. The van der Waals surface area contributed by atoms with E-state index in [1.165, 1.54) is 12.1 Å². The van der Waals surface area contributed by atoms with E-state index >= 15 is 0 Å². The highest BCUT2D eigenvalue weighted by atomic mass is 32.2. The number of rotatable bonds is 5. The van der Waals surface area contributed by atoms with Gasteiger partial charge in [0, 0.05) is 19.8 Å². The third-order valence-corrected chi connectivity index (χ3v) is 4.64. The van der Waals surface area contributed by atoms with Crippen LogP contribution in [0.3, 0.4) is 0 Å². The van der Waals surface area contributed by atoms with Gasteiger partial charge in [-0.2, -0.15) is 0 Å². The molecule has 0 amide bonds. The molecule has 122 valence electrons. The van der Waals surface area contributed by atoms with E-state index < -0.39 is 14.8 Å². The van der Waals surface area contributed by atoms with E-state index in [-0.39, 0.29) is 16.3 Å². The summed E-state index contributed by atoms with van der Waals surface area (Å²) in [7, 11) is -1.98. The van der Waals surface area contributed by atoms with Crippen molar-refractivity contribution in [1.82, 2.24) is 0 Å². The molecule has 0 saturated carbocycles. The first-order valence-corrected chi connectivity index (χ1v) is 8.83. The number of hydrogen-bond donors (Lipinski definition) is 0. The number of hydrogen-bond acceptors (Lipinski definition) is 5. The Morgan fingerprint density at radius 2 is 1.74 bits per heavy atom. The Bertz CT molecular complexity index is 830. The lowest BCUT2D eigenvalue weighted by Crippen LogP contribution is -2.18. The zero-order valence-corrected chi connectivity index (χ0v) is 14.0. The smallest absolute Gasteiger partial charge is 0.311 e. The molecule has 0 atom stereocenters. The lowest BCUT2D eigenvalue weighted by atomic mass is 10.1. The molecule has 0 spiro atoms. The maximum absolute atomic E-state index is 11.8. The first kappa shape index (κ1) is 17.0. The van der Waals surface area contributed by atoms with E-state index in [0.29, 0.717) is 6.54 Å². The van der Waals surface area contributed by atoms with Crippen LogP contribution in [0.25, 0.3) is 0 Å². The van der Waals surface area contributed by atoms with E-state index in [1.807, 2.05) is 31.2 Å². The van der Waals surface area contributed by atoms with Crippen LogP contribution in [0.1, 0.15) is 11.1 Å². The van der Waals surface area contributed by atoms with Crippen LogP contribution >= 0.6 is 0 Å². The van der Waals surface area contributed by atoms with Crippen LogP contribution in [0.2, 0.25) is 0 Å². The molecule has 0 N–H and O–H groups in total. The van der Waals surface area contributed by atoms with Gasteiger partial charge in [0.25, 0.3) is 0 Å². The predicted molar refractivity (Wildman–Crippen MR) is 89.5 cm³/mol. The second kappa shape index (κ2) is 6.37. The first-order valence-electron chi connectivity index (χ1n) is 6.94. The molecule has 0 aliphatic carbocycles. The Labute approximate surface area is 135 Å². The topological polar surface area (TPSA) is 80.5 Å². The lowest BCUT2D eigenvalue weighted by molar-refractivity contribution is -0.387. The van der Waals surface area contributed by atoms with Crippen LogP contribution in [0, 0.1) is 17.0 Å². The summed E-state index contributed by atoms with van der Waals surface area (Å²) in [6, 6.07) is 12.1. The number of nitro groups is 1. The fourth-order valence-corrected chi connectivity index (χ4v) is 3.21. The van der Waals surface area contributed by atoms with Crippen molar-refractivity contribution >= 4 is 21.2 Å². The van der Waals surface area contributed by atoms with Crippen LogP contribution in [0.15, 0.2) is 47.4 Å². The zero-order chi connectivity index (χ0) is 17.2. The summed E-state index contributed by atoms with van der Waals surface area (Å²) >= 11 is 0. The number of benzene rings is 2. The van der Waals surface area contributed by atoms with Crippen LogP contribution < -0.4 is 4.90 Å². The molecule has 2 aromatic rings. The van der Waals surface area contributed by atoms with Crippen molar-refractivity contribution in [3.8, 4) is 0 Å². The van der Waals surface area contributed by atoms with Gasteiger partial charge in [-0.15, -0.1) is 0 Å². The van der Waals surface area contributed by atoms with Crippen molar-refractivity contribution in [2.24, 2.45) is 0 Å². The van der Waals surface area contributed by atoms with Gasteiger partial charge in [-0.1, -0.05) is 35.9 Å². The molecule has 6 nitrogen and oxygen atoms in total. The summed E-state index contributed by atoms with van der Waals surface area (Å²) in [6.07, 6.45) is 0.971. The quantitative estimate of drug-likeness (QED) is 0.620. The monoisotopic (exact) mass is 334 g/mol. The molecule has 0 aliphatic heterocycles. The maximum Gasteiger partial charge on any atom is 0.311 e. The fraction of sp³-hybridized carbons (Fsp3) is 0.250. The van der Waals surface area contributed by atoms with Crippen LogP contribution in [0.5, 0.6) is 0 Å². The maximum atomic E-state index is 11.8. The van der Waals surface area contributed by atoms with E-state index in [9.17, 15) is 18.5 Å². The highest BCUT2D eigenvalue weighted by Gasteiger charge is 2.27. The molecule has 0 bridgehead atoms. The highest BCUT2D eigenvalue weighted by molar-refractivity contribution is 7.90. The van der Waals surface area contributed by atoms with Gasteiger partial charge in [0.15, 0.2) is 9.84 Å². The summed E-state index contributed by atoms with van der Waals surface area (Å²) < 4.78 is 23.6. The fourth-order valence-electron chi connectivity index (χ4n) is 2.35. The molecule has 0 aliphatic rings. The lowest BCUT2D eigenvalue weighted by Gasteiger charge is -2.20. The van der Waals surface area contributed by atoms with Gasteiger partial charge < -0.3 is 4.90 Å². The van der Waals surface area contributed by atoms with Gasteiger partial charge >= 0.3 is 5.69 Å². The van der Waals surface area contributed by atoms with E-state index in [0.717, 1.165) is 17.4 Å². The van der Waals surface area contributed by atoms with Gasteiger partial charge in [-0.3, -0.25) is 10.1 Å². The summed E-state index contributed by atoms with van der Waals surface area (Å²) in [4.78, 5) is 12.2. The number of aryl methyl sites for hydroxylation is 1. The number of sulfone groups is 1. The Balaban J connectivity index is 2.46. The summed E-state index contributed by atoms with van der Waals surface area (Å²) in [6.45, 7) is 2.42. The molecular formula is C16H18N2O4S. The Hall–Kier alpha value is -2.41. The van der Waals surface area contributed by atoms with Crippen molar-refractivity contribution in [2.45, 2.75) is 18.4 Å². The van der Waals surface area contributed by atoms with E-state index in [4.69, 9.17) is 0 Å². The molecular weight excluding hydrogens is 316 g/mol. The normalized spacial score (nSPS) is 11.3. The molecule has 0 fully saturated rings. The first-order chi connectivity index (χ1) is 10.7. The molecule has 2 rings (SSSR count). The molecule has 0 aromatic heterocycles. The van der Waals surface area contributed by atoms with Crippen molar-refractivity contribution < 1.29 is 13.3 Å². The second-order valence-electron chi connectivity index (χ2n) is 5.49. The number of nitrogens with zero attached hydrogens (tertiary/aromatic N) is 2. The van der Waals surface area contributed by atoms with E-state index in [1.54, 1.807) is 18.0 Å². The van der Waals surface area contributed by atoms with E-state index in [2.05, 4.69) is 0 Å². The minimum absolute atomic E-state index is 0.268. The van der Waals surface area contributed by atoms with Gasteiger partial charge in [-0.05, 0) is 24.6 Å². The molecule has 2 aromatic carbocycles. The van der Waals surface area contributed by atoms with Crippen LogP contribution in [-0.2, 0) is 16.4 Å². The minimum atomic E-state index is -3.68. The summed E-state index contributed by atoms with van der Waals surface area (Å²) in [5.74, 6) is 0. The van der Waals surface area contributed by atoms with Gasteiger partial charge in [0.05, 0.1) is 4.92 Å². The molecule has 7 heteroatoms. The summed E-state index contributed by atoms with van der Waals surface area (Å²) in [5, 5.41) is 11.4. The SMILES string of the molecule is Cc1ccc(CN(C)c2cccc(S(C)(=O)=O)c2[N+](=O)[O-])cc1. The van der Waals surface area contributed by atoms with Gasteiger partial charge in [0.1, 0.15) is 10.6 Å². The third kappa shape index (κ3) is 3.87. The average Bonchev–Trinajstić information content (AvgIpc) is 2.47. The largest absolute Gasteiger partial charge is 0.365 e. The molecule has 0 heterocycles. The van der Waals surface area contributed by atoms with Crippen molar-refractivity contribution in [2.75, 3.05) is 18.2 Å². The average molecular weight is 334 g/mol. The summed E-state index contributed by atoms with van der Waals surface area (Å²) in [5.41, 5.74) is 2.00. The molecule has 0 saturated heterocycles. The standard InChI is InChI=1S/C16H18N2O4S/c1-12-7-9-13(10-8-12)11-17(2)14-5-4-6-15(23(3,21)22)16(14)18(19)20/h4-10H,11H2,1-3H3. The second-order valence-corrected chi connectivity index (χ2v) is 7.48. The Morgan fingerprint density at radius 3 is 2.26 bits per heavy atom.